The summed E-state index contributed by atoms with van der Waals surface area (Å²) in [5, 5.41) is 3.27. The molecule has 1 aliphatic carbocycles. The van der Waals surface area contributed by atoms with Gasteiger partial charge in [0.1, 0.15) is 0 Å². The van der Waals surface area contributed by atoms with Crippen LogP contribution < -0.4 is 10.2 Å². The zero-order chi connectivity index (χ0) is 18.0. The molecule has 1 heterocycles. The van der Waals surface area contributed by atoms with Crippen molar-refractivity contribution >= 4 is 17.5 Å². The summed E-state index contributed by atoms with van der Waals surface area (Å²) in [6, 6.07) is 7.71. The second kappa shape index (κ2) is 7.19. The Morgan fingerprint density at radius 2 is 1.76 bits per heavy atom. The van der Waals surface area contributed by atoms with Crippen molar-refractivity contribution in [2.75, 3.05) is 11.4 Å². The lowest BCUT2D eigenvalue weighted by Gasteiger charge is -2.40. The first-order chi connectivity index (χ1) is 11.9. The Bertz CT molecular complexity index is 630. The smallest absolute Gasteiger partial charge is 0.251 e. The standard InChI is InChI=1S/C21H30N2O2/c1-21(2,3)17-7-4-5-8-18(17)22-20(25)15-10-12-16(13-11-15)23-14-6-9-19(23)24/h10-13,17-18H,4-9,14H2,1-3H3,(H,22,25)/t17-,18+/m0/s1. The van der Waals surface area contributed by atoms with Crippen LogP contribution in [0.25, 0.3) is 0 Å². The predicted octanol–water partition coefficient (Wildman–Crippen LogP) is 4.15. The van der Waals surface area contributed by atoms with Crippen LogP contribution in [0.4, 0.5) is 5.69 Å². The molecule has 2 amide bonds. The lowest BCUT2D eigenvalue weighted by Crippen LogP contribution is -2.46. The highest BCUT2D eigenvalue weighted by molar-refractivity contribution is 5.97. The third-order valence-corrected chi connectivity index (χ3v) is 5.71. The highest BCUT2D eigenvalue weighted by Gasteiger charge is 2.35. The molecular formula is C21H30N2O2. The van der Waals surface area contributed by atoms with Gasteiger partial charge in [0.25, 0.3) is 5.91 Å². The highest BCUT2D eigenvalue weighted by Crippen LogP contribution is 2.38. The lowest BCUT2D eigenvalue weighted by molar-refractivity contribution is -0.117. The summed E-state index contributed by atoms with van der Waals surface area (Å²) in [7, 11) is 0. The van der Waals surface area contributed by atoms with Crippen molar-refractivity contribution < 1.29 is 9.59 Å². The van der Waals surface area contributed by atoms with Gasteiger partial charge in [-0.15, -0.1) is 0 Å². The Kier molecular flexibility index (Phi) is 5.16. The zero-order valence-electron chi connectivity index (χ0n) is 15.7. The maximum atomic E-state index is 12.7. The van der Waals surface area contributed by atoms with Gasteiger partial charge in [-0.3, -0.25) is 9.59 Å². The third-order valence-electron chi connectivity index (χ3n) is 5.71. The number of nitrogens with one attached hydrogen (secondary N) is 1. The molecule has 25 heavy (non-hydrogen) atoms. The molecular weight excluding hydrogens is 312 g/mol. The quantitative estimate of drug-likeness (QED) is 0.897. The summed E-state index contributed by atoms with van der Waals surface area (Å²) < 4.78 is 0. The van der Waals surface area contributed by atoms with E-state index in [4.69, 9.17) is 0 Å². The fourth-order valence-electron chi connectivity index (χ4n) is 4.31. The molecule has 4 heteroatoms. The molecule has 1 saturated heterocycles. The number of hydrogen-bond donors (Lipinski definition) is 1. The summed E-state index contributed by atoms with van der Waals surface area (Å²) >= 11 is 0. The van der Waals surface area contributed by atoms with Gasteiger partial charge in [0.2, 0.25) is 5.91 Å². The van der Waals surface area contributed by atoms with Crippen molar-refractivity contribution in [2.45, 2.75) is 65.3 Å². The summed E-state index contributed by atoms with van der Waals surface area (Å²) in [6.07, 6.45) is 6.23. The minimum absolute atomic E-state index is 0.000415. The van der Waals surface area contributed by atoms with Crippen LogP contribution in [0.3, 0.4) is 0 Å². The zero-order valence-corrected chi connectivity index (χ0v) is 15.7. The monoisotopic (exact) mass is 342 g/mol. The van der Waals surface area contributed by atoms with Crippen LogP contribution in [-0.2, 0) is 4.79 Å². The molecule has 0 spiro atoms. The molecule has 0 bridgehead atoms. The van der Waals surface area contributed by atoms with Crippen LogP contribution in [0, 0.1) is 11.3 Å². The summed E-state index contributed by atoms with van der Waals surface area (Å²) in [5.41, 5.74) is 1.77. The minimum atomic E-state index is 0.000415. The predicted molar refractivity (Wildman–Crippen MR) is 101 cm³/mol. The average molecular weight is 342 g/mol. The lowest BCUT2D eigenvalue weighted by atomic mass is 9.69. The van der Waals surface area contributed by atoms with Gasteiger partial charge in [0, 0.05) is 30.3 Å². The maximum absolute atomic E-state index is 12.7. The number of carbonyl (C=O) groups excluding carboxylic acids is 2. The molecule has 2 aliphatic rings. The van der Waals surface area contributed by atoms with Crippen LogP contribution in [0.1, 0.15) is 69.7 Å². The van der Waals surface area contributed by atoms with Crippen molar-refractivity contribution in [1.29, 1.82) is 0 Å². The summed E-state index contributed by atoms with van der Waals surface area (Å²) in [5.74, 6) is 0.694. The van der Waals surface area contributed by atoms with E-state index in [0.29, 0.717) is 17.9 Å². The largest absolute Gasteiger partial charge is 0.349 e. The topological polar surface area (TPSA) is 49.4 Å². The van der Waals surface area contributed by atoms with Crippen molar-refractivity contribution in [1.82, 2.24) is 5.32 Å². The molecule has 0 radical (unpaired) electrons. The van der Waals surface area contributed by atoms with E-state index in [2.05, 4.69) is 26.1 Å². The van der Waals surface area contributed by atoms with Gasteiger partial charge >= 0.3 is 0 Å². The summed E-state index contributed by atoms with van der Waals surface area (Å²) in [4.78, 5) is 26.3. The maximum Gasteiger partial charge on any atom is 0.251 e. The molecule has 2 atom stereocenters. The fraction of sp³-hybridized carbons (Fsp3) is 0.619. The molecule has 2 fully saturated rings. The Balaban J connectivity index is 1.67. The molecule has 1 aromatic rings. The second-order valence-corrected chi connectivity index (χ2v) is 8.53. The van der Waals surface area contributed by atoms with Gasteiger partial charge < -0.3 is 10.2 Å². The third kappa shape index (κ3) is 4.05. The first kappa shape index (κ1) is 18.0. The molecule has 0 unspecified atom stereocenters. The molecule has 3 rings (SSSR count). The van der Waals surface area contributed by atoms with Crippen molar-refractivity contribution in [3.05, 3.63) is 29.8 Å². The normalized spacial score (nSPS) is 24.4. The number of hydrogen-bond acceptors (Lipinski definition) is 2. The number of carbonyl (C=O) groups is 2. The van der Waals surface area contributed by atoms with E-state index < -0.39 is 0 Å². The van der Waals surface area contributed by atoms with Crippen molar-refractivity contribution in [3.8, 4) is 0 Å². The molecule has 4 nitrogen and oxygen atoms in total. The van der Waals surface area contributed by atoms with E-state index in [1.807, 2.05) is 24.3 Å². The first-order valence-electron chi connectivity index (χ1n) is 9.57. The van der Waals surface area contributed by atoms with E-state index in [9.17, 15) is 9.59 Å². The first-order valence-corrected chi connectivity index (χ1v) is 9.57. The molecule has 1 aromatic carbocycles. The van der Waals surface area contributed by atoms with Crippen molar-refractivity contribution in [2.24, 2.45) is 11.3 Å². The van der Waals surface area contributed by atoms with Crippen LogP contribution in [-0.4, -0.2) is 24.4 Å². The molecule has 1 N–H and O–H groups in total. The second-order valence-electron chi connectivity index (χ2n) is 8.53. The Morgan fingerprint density at radius 3 is 2.36 bits per heavy atom. The van der Waals surface area contributed by atoms with E-state index in [0.717, 1.165) is 25.1 Å². The SMILES string of the molecule is CC(C)(C)[C@H]1CCCC[C@H]1NC(=O)c1ccc(N2CCCC2=O)cc1. The van der Waals surface area contributed by atoms with E-state index in [-0.39, 0.29) is 23.3 Å². The van der Waals surface area contributed by atoms with Gasteiger partial charge in [-0.2, -0.15) is 0 Å². The Labute approximate surface area is 151 Å². The highest BCUT2D eigenvalue weighted by atomic mass is 16.2. The number of nitrogens with zero attached hydrogens (tertiary/aromatic N) is 1. The van der Waals surface area contributed by atoms with Gasteiger partial charge in [-0.1, -0.05) is 33.6 Å². The van der Waals surface area contributed by atoms with Gasteiger partial charge in [0.05, 0.1) is 0 Å². The van der Waals surface area contributed by atoms with Gasteiger partial charge in [-0.25, -0.2) is 0 Å². The van der Waals surface area contributed by atoms with Crippen LogP contribution >= 0.6 is 0 Å². The number of amides is 2. The van der Waals surface area contributed by atoms with Crippen LogP contribution in [0.5, 0.6) is 0 Å². The Hall–Kier alpha value is -1.84. The number of anilines is 1. The van der Waals surface area contributed by atoms with E-state index in [1.165, 1.54) is 19.3 Å². The van der Waals surface area contributed by atoms with Gasteiger partial charge in [-0.05, 0) is 54.9 Å². The Morgan fingerprint density at radius 1 is 1.08 bits per heavy atom. The van der Waals surface area contributed by atoms with Crippen LogP contribution in [0.15, 0.2) is 24.3 Å². The van der Waals surface area contributed by atoms with E-state index in [1.54, 1.807) is 4.90 Å². The molecule has 0 aromatic heterocycles. The molecule has 1 saturated carbocycles. The average Bonchev–Trinajstić information content (AvgIpc) is 3.00. The van der Waals surface area contributed by atoms with Gasteiger partial charge in [0.15, 0.2) is 0 Å². The summed E-state index contributed by atoms with van der Waals surface area (Å²) in [6.45, 7) is 7.58. The van der Waals surface area contributed by atoms with E-state index >= 15 is 0 Å². The van der Waals surface area contributed by atoms with Crippen molar-refractivity contribution in [3.63, 3.8) is 0 Å². The number of benzene rings is 1. The molecule has 1 aliphatic heterocycles. The molecule has 136 valence electrons. The van der Waals surface area contributed by atoms with Crippen LogP contribution in [0.2, 0.25) is 0 Å². The number of rotatable bonds is 3. The minimum Gasteiger partial charge on any atom is -0.349 e. The fourth-order valence-corrected chi connectivity index (χ4v) is 4.31.